The van der Waals surface area contributed by atoms with Gasteiger partial charge in [-0.2, -0.15) is 15.5 Å². The fourth-order valence-corrected chi connectivity index (χ4v) is 2.93. The molecule has 1 N–H and O–H groups in total. The van der Waals surface area contributed by atoms with Crippen LogP contribution < -0.4 is 0 Å². The van der Waals surface area contributed by atoms with Gasteiger partial charge in [-0.1, -0.05) is 0 Å². The van der Waals surface area contributed by atoms with Crippen molar-refractivity contribution in [1.82, 2.24) is 19.6 Å². The lowest BCUT2D eigenvalue weighted by atomic mass is 9.93. The van der Waals surface area contributed by atoms with Crippen LogP contribution in [0.25, 0.3) is 0 Å². The van der Waals surface area contributed by atoms with Gasteiger partial charge in [-0.3, -0.25) is 9.36 Å². The summed E-state index contributed by atoms with van der Waals surface area (Å²) in [7, 11) is 1.78. The molecular weight excluding hydrogens is 322 g/mol. The number of rotatable bonds is 3. The summed E-state index contributed by atoms with van der Waals surface area (Å²) < 4.78 is 4.00. The minimum absolute atomic E-state index is 0.278. The summed E-state index contributed by atoms with van der Waals surface area (Å²) in [6.07, 6.45) is 5.97. The number of aryl methyl sites for hydroxylation is 1. The average molecular weight is 336 g/mol. The van der Waals surface area contributed by atoms with Crippen LogP contribution in [-0.2, 0) is 7.05 Å². The second-order valence-corrected chi connectivity index (χ2v) is 5.81. The van der Waals surface area contributed by atoms with Gasteiger partial charge in [0, 0.05) is 30.6 Å². The van der Waals surface area contributed by atoms with Crippen LogP contribution in [0.1, 0.15) is 48.2 Å². The molecule has 0 bridgehead atoms. The van der Waals surface area contributed by atoms with Gasteiger partial charge in [-0.25, -0.2) is 0 Å². The molecule has 6 nitrogen and oxygen atoms in total. The van der Waals surface area contributed by atoms with E-state index in [1.165, 1.54) is 6.42 Å². The summed E-state index contributed by atoms with van der Waals surface area (Å²) in [6, 6.07) is 2.42. The zero-order valence-corrected chi connectivity index (χ0v) is 12.6. The highest BCUT2D eigenvalue weighted by Crippen LogP contribution is 2.34. The van der Waals surface area contributed by atoms with Crippen LogP contribution in [-0.4, -0.2) is 24.7 Å². The molecule has 1 saturated carbocycles. The summed E-state index contributed by atoms with van der Waals surface area (Å²) in [6.45, 7) is 0. The normalized spacial score (nSPS) is 16.7. The summed E-state index contributed by atoms with van der Waals surface area (Å²) >= 11 is 3.32. The zero-order valence-electron chi connectivity index (χ0n) is 11.0. The van der Waals surface area contributed by atoms with Gasteiger partial charge in [-0.05, 0) is 35.2 Å². The molecular formula is C13H14BrN5O. The highest BCUT2D eigenvalue weighted by atomic mass is 79.9. The number of halogens is 1. The standard InChI is InChI=1S/C13H14BrN5O/c1-18-6-10(13(14)17-18)12(20)9-7-19(8-3-2-4-8)16-11(9)5-15/h6-8,12,20H,2-4H2,1H3. The number of nitriles is 1. The first kappa shape index (κ1) is 13.3. The van der Waals surface area contributed by atoms with Crippen LogP contribution >= 0.6 is 15.9 Å². The molecule has 3 rings (SSSR count). The van der Waals surface area contributed by atoms with Crippen LogP contribution in [0.4, 0.5) is 0 Å². The maximum Gasteiger partial charge on any atom is 0.168 e. The van der Waals surface area contributed by atoms with E-state index in [1.807, 2.05) is 4.68 Å². The molecule has 1 aliphatic rings. The molecule has 1 atom stereocenters. The van der Waals surface area contributed by atoms with Crippen LogP contribution in [0.3, 0.4) is 0 Å². The Kier molecular flexibility index (Phi) is 3.36. The molecule has 2 aromatic heterocycles. The van der Waals surface area contributed by atoms with Crippen LogP contribution in [0.5, 0.6) is 0 Å². The van der Waals surface area contributed by atoms with Crippen LogP contribution in [0, 0.1) is 11.3 Å². The third-order valence-corrected chi connectivity index (χ3v) is 4.33. The molecule has 7 heteroatoms. The lowest BCUT2D eigenvalue weighted by Crippen LogP contribution is -2.17. The molecule has 0 aliphatic heterocycles. The fraction of sp³-hybridized carbons (Fsp3) is 0.462. The summed E-state index contributed by atoms with van der Waals surface area (Å²) in [4.78, 5) is 0. The Bertz CT molecular complexity index is 679. The van der Waals surface area contributed by atoms with Crippen molar-refractivity contribution < 1.29 is 5.11 Å². The second-order valence-electron chi connectivity index (χ2n) is 5.06. The molecule has 0 saturated heterocycles. The Balaban J connectivity index is 1.98. The van der Waals surface area contributed by atoms with Gasteiger partial charge in [0.15, 0.2) is 5.69 Å². The van der Waals surface area contributed by atoms with Gasteiger partial charge in [-0.15, -0.1) is 0 Å². The minimum Gasteiger partial charge on any atom is -0.383 e. The molecule has 20 heavy (non-hydrogen) atoms. The van der Waals surface area contributed by atoms with E-state index < -0.39 is 6.10 Å². The molecule has 104 valence electrons. The van der Waals surface area contributed by atoms with Crippen molar-refractivity contribution in [1.29, 1.82) is 5.26 Å². The van der Waals surface area contributed by atoms with E-state index in [4.69, 9.17) is 0 Å². The molecule has 0 radical (unpaired) electrons. The number of hydrogen-bond donors (Lipinski definition) is 1. The Morgan fingerprint density at radius 1 is 1.40 bits per heavy atom. The van der Waals surface area contributed by atoms with E-state index in [-0.39, 0.29) is 5.69 Å². The first-order valence-electron chi connectivity index (χ1n) is 6.46. The smallest absolute Gasteiger partial charge is 0.168 e. The highest BCUT2D eigenvalue weighted by Gasteiger charge is 2.26. The van der Waals surface area contributed by atoms with Gasteiger partial charge in [0.25, 0.3) is 0 Å². The Morgan fingerprint density at radius 3 is 2.65 bits per heavy atom. The molecule has 2 aromatic rings. The SMILES string of the molecule is Cn1cc(C(O)c2cn(C3CCC3)nc2C#N)c(Br)n1. The van der Waals surface area contributed by atoms with E-state index in [9.17, 15) is 10.4 Å². The Hall–Kier alpha value is -1.65. The average Bonchev–Trinajstić information content (AvgIpc) is 2.90. The first-order valence-corrected chi connectivity index (χ1v) is 7.25. The molecule has 1 fully saturated rings. The highest BCUT2D eigenvalue weighted by molar-refractivity contribution is 9.10. The van der Waals surface area contributed by atoms with Crippen molar-refractivity contribution in [2.45, 2.75) is 31.4 Å². The maximum absolute atomic E-state index is 10.5. The van der Waals surface area contributed by atoms with Crippen molar-refractivity contribution in [2.75, 3.05) is 0 Å². The van der Waals surface area contributed by atoms with Gasteiger partial charge in [0.1, 0.15) is 16.8 Å². The number of aliphatic hydroxyl groups is 1. The van der Waals surface area contributed by atoms with Crippen molar-refractivity contribution in [3.63, 3.8) is 0 Å². The Morgan fingerprint density at radius 2 is 2.15 bits per heavy atom. The van der Waals surface area contributed by atoms with E-state index >= 15 is 0 Å². The van der Waals surface area contributed by atoms with Crippen LogP contribution in [0.15, 0.2) is 17.0 Å². The van der Waals surface area contributed by atoms with E-state index in [0.29, 0.717) is 21.8 Å². The Labute approximate surface area is 124 Å². The van der Waals surface area contributed by atoms with E-state index in [2.05, 4.69) is 32.2 Å². The summed E-state index contributed by atoms with van der Waals surface area (Å²) in [5, 5.41) is 28.1. The predicted molar refractivity (Wildman–Crippen MR) is 74.8 cm³/mol. The molecule has 0 spiro atoms. The number of aliphatic hydroxyl groups excluding tert-OH is 1. The summed E-state index contributed by atoms with van der Waals surface area (Å²) in [5.74, 6) is 0. The summed E-state index contributed by atoms with van der Waals surface area (Å²) in [5.41, 5.74) is 1.45. The van der Waals surface area contributed by atoms with Gasteiger partial charge < -0.3 is 5.11 Å². The van der Waals surface area contributed by atoms with Crippen LogP contribution in [0.2, 0.25) is 0 Å². The lowest BCUT2D eigenvalue weighted by Gasteiger charge is -2.25. The lowest BCUT2D eigenvalue weighted by molar-refractivity contribution is 0.218. The molecule has 0 amide bonds. The fourth-order valence-electron chi connectivity index (χ4n) is 2.36. The van der Waals surface area contributed by atoms with Gasteiger partial charge in [0.05, 0.1) is 6.04 Å². The predicted octanol–water partition coefficient (Wildman–Crippen LogP) is 2.06. The van der Waals surface area contributed by atoms with Crippen molar-refractivity contribution in [2.24, 2.45) is 7.05 Å². The van der Waals surface area contributed by atoms with Crippen molar-refractivity contribution in [3.8, 4) is 6.07 Å². The maximum atomic E-state index is 10.5. The van der Waals surface area contributed by atoms with Gasteiger partial charge in [0.2, 0.25) is 0 Å². The third-order valence-electron chi connectivity index (χ3n) is 3.71. The zero-order chi connectivity index (χ0) is 14.3. The number of hydrogen-bond acceptors (Lipinski definition) is 4. The molecule has 0 aromatic carbocycles. The molecule has 1 unspecified atom stereocenters. The number of nitrogens with zero attached hydrogens (tertiary/aromatic N) is 5. The van der Waals surface area contributed by atoms with E-state index in [0.717, 1.165) is 12.8 Å². The second kappa shape index (κ2) is 5.04. The number of aromatic nitrogens is 4. The van der Waals surface area contributed by atoms with E-state index in [1.54, 1.807) is 24.1 Å². The minimum atomic E-state index is -0.901. The largest absolute Gasteiger partial charge is 0.383 e. The van der Waals surface area contributed by atoms with Gasteiger partial charge >= 0.3 is 0 Å². The van der Waals surface area contributed by atoms with Crippen molar-refractivity contribution in [3.05, 3.63) is 33.8 Å². The first-order chi connectivity index (χ1) is 9.60. The monoisotopic (exact) mass is 335 g/mol. The quantitative estimate of drug-likeness (QED) is 0.930. The van der Waals surface area contributed by atoms with Crippen molar-refractivity contribution >= 4 is 15.9 Å². The third kappa shape index (κ3) is 2.15. The molecule has 2 heterocycles. The molecule has 1 aliphatic carbocycles. The topological polar surface area (TPSA) is 79.7 Å².